The van der Waals surface area contributed by atoms with Gasteiger partial charge in [-0.2, -0.15) is 13.2 Å². The number of rotatable bonds is 7. The molecule has 0 heterocycles. The highest BCUT2D eigenvalue weighted by atomic mass is 19.4. The van der Waals surface area contributed by atoms with Gasteiger partial charge in [0, 0.05) is 0 Å². The van der Waals surface area contributed by atoms with Crippen molar-refractivity contribution in [3.8, 4) is 5.75 Å². The van der Waals surface area contributed by atoms with E-state index in [9.17, 15) is 18.0 Å². The first-order valence-electron chi connectivity index (χ1n) is 9.05. The summed E-state index contributed by atoms with van der Waals surface area (Å²) in [5.41, 5.74) is 2.29. The van der Waals surface area contributed by atoms with Crippen LogP contribution in [0.5, 0.6) is 5.75 Å². The molecule has 0 spiro atoms. The van der Waals surface area contributed by atoms with Crippen molar-refractivity contribution in [1.29, 1.82) is 0 Å². The molecule has 0 fully saturated rings. The molecule has 0 amide bonds. The van der Waals surface area contributed by atoms with Crippen LogP contribution in [0.25, 0.3) is 0 Å². The molecule has 1 N–H and O–H groups in total. The van der Waals surface area contributed by atoms with Gasteiger partial charge in [-0.3, -0.25) is 4.79 Å². The monoisotopic (exact) mass is 394 g/mol. The Balaban J connectivity index is 1.54. The van der Waals surface area contributed by atoms with Crippen LogP contribution in [0.15, 0.2) is 42.5 Å². The first-order chi connectivity index (χ1) is 13.3. The van der Waals surface area contributed by atoms with Crippen LogP contribution in [0.3, 0.4) is 0 Å². The van der Waals surface area contributed by atoms with Gasteiger partial charge in [-0.05, 0) is 60.2 Å². The summed E-state index contributed by atoms with van der Waals surface area (Å²) < 4.78 is 49.1. The van der Waals surface area contributed by atoms with E-state index in [1.165, 1.54) is 12.1 Å². The summed E-state index contributed by atoms with van der Waals surface area (Å²) in [6.07, 6.45) is -1.97. The fourth-order valence-corrected chi connectivity index (χ4v) is 3.20. The van der Waals surface area contributed by atoms with Gasteiger partial charge in [0.15, 0.2) is 0 Å². The van der Waals surface area contributed by atoms with Gasteiger partial charge in [-0.15, -0.1) is 0 Å². The number of benzene rings is 2. The minimum atomic E-state index is -4.34. The van der Waals surface area contributed by atoms with E-state index in [0.717, 1.165) is 42.5 Å². The number of carbonyl (C=O) groups is 1. The van der Waals surface area contributed by atoms with Gasteiger partial charge in [0.2, 0.25) is 0 Å². The number of ether oxygens (including phenoxy) is 2. The third-order valence-corrected chi connectivity index (χ3v) is 4.72. The zero-order valence-corrected chi connectivity index (χ0v) is 15.2. The maximum Gasteiger partial charge on any atom is 0.416 e. The summed E-state index contributed by atoms with van der Waals surface area (Å²) >= 11 is 0. The average Bonchev–Trinajstić information content (AvgIpc) is 2.65. The Morgan fingerprint density at radius 3 is 2.54 bits per heavy atom. The van der Waals surface area contributed by atoms with E-state index in [2.05, 4.69) is 0 Å². The average molecular weight is 394 g/mol. The van der Waals surface area contributed by atoms with Crippen LogP contribution in [-0.2, 0) is 35.2 Å². The summed E-state index contributed by atoms with van der Waals surface area (Å²) in [6, 6.07) is 10.7. The maximum absolute atomic E-state index is 12.6. The molecule has 0 aliphatic heterocycles. The second-order valence-corrected chi connectivity index (χ2v) is 6.79. The molecule has 2 aromatic carbocycles. The van der Waals surface area contributed by atoms with Crippen molar-refractivity contribution >= 4 is 5.97 Å². The van der Waals surface area contributed by atoms with E-state index in [1.54, 1.807) is 0 Å². The maximum atomic E-state index is 12.6. The van der Waals surface area contributed by atoms with E-state index in [-0.39, 0.29) is 25.7 Å². The predicted octanol–water partition coefficient (Wildman–Crippen LogP) is 4.63. The largest absolute Gasteiger partial charge is 0.489 e. The summed E-state index contributed by atoms with van der Waals surface area (Å²) in [5, 5.41) is 8.67. The molecule has 0 saturated carbocycles. The SMILES string of the molecule is O=C(O)CCOC1CCc2cc(OCc3ccc(C(F)(F)F)cc3)ccc2C1. The van der Waals surface area contributed by atoms with Crippen LogP contribution in [0.1, 0.15) is 35.1 Å². The lowest BCUT2D eigenvalue weighted by molar-refractivity contribution is -0.139. The number of aryl methyl sites for hydroxylation is 1. The third kappa shape index (κ3) is 5.48. The molecular formula is C21H21F3O4. The molecule has 28 heavy (non-hydrogen) atoms. The second kappa shape index (κ2) is 8.65. The Bertz CT molecular complexity index is 815. The molecular weight excluding hydrogens is 373 g/mol. The lowest BCUT2D eigenvalue weighted by atomic mass is 9.89. The lowest BCUT2D eigenvalue weighted by Crippen LogP contribution is -2.23. The second-order valence-electron chi connectivity index (χ2n) is 6.79. The van der Waals surface area contributed by atoms with Crippen LogP contribution < -0.4 is 4.74 Å². The molecule has 0 radical (unpaired) electrons. The summed E-state index contributed by atoms with van der Waals surface area (Å²) in [6.45, 7) is 0.404. The molecule has 0 aromatic heterocycles. The quantitative estimate of drug-likeness (QED) is 0.744. The van der Waals surface area contributed by atoms with Crippen molar-refractivity contribution < 1.29 is 32.5 Å². The molecule has 7 heteroatoms. The normalized spacial score (nSPS) is 16.5. The topological polar surface area (TPSA) is 55.8 Å². The number of hydrogen-bond acceptors (Lipinski definition) is 3. The standard InChI is InChI=1S/C21H21F3O4/c22-21(23,24)17-5-1-14(2-6-17)13-28-19-8-4-15-11-18(7-3-16(15)12-19)27-10-9-20(25)26/h1-2,4-6,8,12,18H,3,7,9-11,13H2,(H,25,26). The summed E-state index contributed by atoms with van der Waals surface area (Å²) in [5.74, 6) is -0.199. The summed E-state index contributed by atoms with van der Waals surface area (Å²) in [7, 11) is 0. The first-order valence-corrected chi connectivity index (χ1v) is 9.05. The molecule has 1 aliphatic carbocycles. The van der Waals surface area contributed by atoms with Gasteiger partial charge in [0.1, 0.15) is 12.4 Å². The Hall–Kier alpha value is -2.54. The minimum absolute atomic E-state index is 0.0000841. The predicted molar refractivity (Wildman–Crippen MR) is 96.2 cm³/mol. The smallest absolute Gasteiger partial charge is 0.416 e. The van der Waals surface area contributed by atoms with Crippen molar-refractivity contribution in [2.45, 2.75) is 44.6 Å². The summed E-state index contributed by atoms with van der Waals surface area (Å²) in [4.78, 5) is 10.6. The molecule has 150 valence electrons. The molecule has 1 unspecified atom stereocenters. The number of hydrogen-bond donors (Lipinski definition) is 1. The van der Waals surface area contributed by atoms with E-state index >= 15 is 0 Å². The molecule has 1 atom stereocenters. The minimum Gasteiger partial charge on any atom is -0.489 e. The van der Waals surface area contributed by atoms with Crippen molar-refractivity contribution in [1.82, 2.24) is 0 Å². The van der Waals surface area contributed by atoms with Gasteiger partial charge in [0.05, 0.1) is 24.7 Å². The molecule has 2 aromatic rings. The highest BCUT2D eigenvalue weighted by Crippen LogP contribution is 2.30. The van der Waals surface area contributed by atoms with Gasteiger partial charge >= 0.3 is 12.1 Å². The highest BCUT2D eigenvalue weighted by molar-refractivity contribution is 5.66. The number of alkyl halides is 3. The number of carboxylic acids is 1. The van der Waals surface area contributed by atoms with Gasteiger partial charge in [-0.25, -0.2) is 0 Å². The number of carboxylic acid groups (broad SMARTS) is 1. The Morgan fingerprint density at radius 1 is 1.11 bits per heavy atom. The molecule has 3 rings (SSSR count). The number of aliphatic carboxylic acids is 1. The van der Waals surface area contributed by atoms with Crippen LogP contribution in [0, 0.1) is 0 Å². The van der Waals surface area contributed by atoms with Crippen molar-refractivity contribution in [2.75, 3.05) is 6.61 Å². The van der Waals surface area contributed by atoms with Crippen molar-refractivity contribution in [3.63, 3.8) is 0 Å². The zero-order chi connectivity index (χ0) is 20.1. The Kier molecular flexibility index (Phi) is 6.24. The fourth-order valence-electron chi connectivity index (χ4n) is 3.20. The molecule has 1 aliphatic rings. The first kappa shape index (κ1) is 20.2. The van der Waals surface area contributed by atoms with Crippen LogP contribution in [-0.4, -0.2) is 23.8 Å². The van der Waals surface area contributed by atoms with Crippen molar-refractivity contribution in [2.24, 2.45) is 0 Å². The number of fused-ring (bicyclic) bond motifs is 1. The van der Waals surface area contributed by atoms with E-state index in [4.69, 9.17) is 14.6 Å². The van der Waals surface area contributed by atoms with Crippen LogP contribution in [0.4, 0.5) is 13.2 Å². The van der Waals surface area contributed by atoms with Crippen molar-refractivity contribution in [3.05, 3.63) is 64.7 Å². The molecule has 0 bridgehead atoms. The van der Waals surface area contributed by atoms with E-state index < -0.39 is 17.7 Å². The highest BCUT2D eigenvalue weighted by Gasteiger charge is 2.29. The van der Waals surface area contributed by atoms with Gasteiger partial charge < -0.3 is 14.6 Å². The molecule has 4 nitrogen and oxygen atoms in total. The Morgan fingerprint density at radius 2 is 1.86 bits per heavy atom. The number of halogens is 3. The third-order valence-electron chi connectivity index (χ3n) is 4.72. The lowest BCUT2D eigenvalue weighted by Gasteiger charge is -2.25. The van der Waals surface area contributed by atoms with Gasteiger partial charge in [0.25, 0.3) is 0 Å². The van der Waals surface area contributed by atoms with Crippen LogP contribution in [0.2, 0.25) is 0 Å². The Labute approximate surface area is 160 Å². The fraction of sp³-hybridized carbons (Fsp3) is 0.381. The van der Waals surface area contributed by atoms with Crippen LogP contribution >= 0.6 is 0 Å². The van der Waals surface area contributed by atoms with Gasteiger partial charge in [-0.1, -0.05) is 18.2 Å². The molecule has 0 saturated heterocycles. The zero-order valence-electron chi connectivity index (χ0n) is 15.2. The van der Waals surface area contributed by atoms with E-state index in [0.29, 0.717) is 11.3 Å². The van der Waals surface area contributed by atoms with E-state index in [1.807, 2.05) is 18.2 Å².